The Kier molecular flexibility index (Phi) is 3.05. The summed E-state index contributed by atoms with van der Waals surface area (Å²) in [6.07, 6.45) is 0. The molecule has 17 heavy (non-hydrogen) atoms. The third-order valence-electron chi connectivity index (χ3n) is 2.46. The summed E-state index contributed by atoms with van der Waals surface area (Å²) in [4.78, 5) is 22.4. The van der Waals surface area contributed by atoms with Crippen LogP contribution in [0.5, 0.6) is 0 Å². The van der Waals surface area contributed by atoms with E-state index >= 15 is 0 Å². The first-order valence-electron chi connectivity index (χ1n) is 5.23. The second kappa shape index (κ2) is 4.65. The van der Waals surface area contributed by atoms with Gasteiger partial charge in [-0.3, -0.25) is 9.59 Å². The quantitative estimate of drug-likeness (QED) is 0.822. The zero-order valence-corrected chi connectivity index (χ0v) is 9.14. The van der Waals surface area contributed by atoms with Crippen LogP contribution in [0, 0.1) is 0 Å². The van der Waals surface area contributed by atoms with Crippen molar-refractivity contribution in [1.29, 1.82) is 0 Å². The number of primary amides is 1. The summed E-state index contributed by atoms with van der Waals surface area (Å²) in [7, 11) is 0. The van der Waals surface area contributed by atoms with Crippen LogP contribution >= 0.6 is 0 Å². The molecule has 0 saturated carbocycles. The molecule has 0 unspecified atom stereocenters. The summed E-state index contributed by atoms with van der Waals surface area (Å²) >= 11 is 0. The van der Waals surface area contributed by atoms with Crippen LogP contribution in [0.3, 0.4) is 0 Å². The second-order valence-corrected chi connectivity index (χ2v) is 3.68. The van der Waals surface area contributed by atoms with Crippen molar-refractivity contribution in [3.05, 3.63) is 48.0 Å². The van der Waals surface area contributed by atoms with Crippen LogP contribution in [0.1, 0.15) is 10.4 Å². The lowest BCUT2D eigenvalue weighted by molar-refractivity contribution is -0.117. The molecule has 2 rings (SSSR count). The number of rotatable bonds is 3. The Labute approximate surface area is 98.8 Å². The minimum Gasteiger partial charge on any atom is -0.368 e. The van der Waals surface area contributed by atoms with E-state index in [0.29, 0.717) is 5.56 Å². The van der Waals surface area contributed by atoms with Crippen LogP contribution in [0.25, 0.3) is 11.1 Å². The Morgan fingerprint density at radius 1 is 1.06 bits per heavy atom. The highest BCUT2D eigenvalue weighted by molar-refractivity contribution is 6.03. The van der Waals surface area contributed by atoms with E-state index < -0.39 is 5.91 Å². The van der Waals surface area contributed by atoms with Crippen molar-refractivity contribution < 1.29 is 9.59 Å². The molecule has 2 amide bonds. The van der Waals surface area contributed by atoms with Crippen molar-refractivity contribution in [2.75, 3.05) is 6.54 Å². The molecule has 0 saturated heterocycles. The molecule has 0 radical (unpaired) electrons. The third-order valence-corrected chi connectivity index (χ3v) is 2.46. The summed E-state index contributed by atoms with van der Waals surface area (Å²) in [5.41, 5.74) is 7.37. The molecule has 4 nitrogen and oxygen atoms in total. The fourth-order valence-corrected chi connectivity index (χ4v) is 1.68. The van der Waals surface area contributed by atoms with Crippen molar-refractivity contribution in [3.63, 3.8) is 0 Å². The molecule has 0 spiro atoms. The molecular formula is C13H12N2O2. The fraction of sp³-hybridized carbons (Fsp3) is 0.0769. The Balaban J connectivity index is 2.26. The van der Waals surface area contributed by atoms with Gasteiger partial charge in [0.2, 0.25) is 5.91 Å². The minimum atomic E-state index is -0.556. The Morgan fingerprint density at radius 3 is 2.59 bits per heavy atom. The molecule has 0 heterocycles. The standard InChI is InChI=1S/C13H12N2O2/c14-12(16)8-15-13(17)11-7-6-9-4-2-1-3-5-10(9)11/h1-7H,8H2,(H2,14,16)(H,15,17). The van der Waals surface area contributed by atoms with Crippen LogP contribution < -0.4 is 11.1 Å². The van der Waals surface area contributed by atoms with Gasteiger partial charge in [0.1, 0.15) is 0 Å². The number of fused-ring (bicyclic) bond motifs is 1. The van der Waals surface area contributed by atoms with Crippen LogP contribution in [0.4, 0.5) is 0 Å². The highest BCUT2D eigenvalue weighted by atomic mass is 16.2. The van der Waals surface area contributed by atoms with Crippen molar-refractivity contribution in [2.24, 2.45) is 5.73 Å². The zero-order valence-electron chi connectivity index (χ0n) is 9.14. The average Bonchev–Trinajstić information content (AvgIpc) is 2.55. The minimum absolute atomic E-state index is 0.148. The van der Waals surface area contributed by atoms with Crippen molar-refractivity contribution in [3.8, 4) is 11.1 Å². The van der Waals surface area contributed by atoms with Crippen molar-refractivity contribution in [1.82, 2.24) is 5.32 Å². The Morgan fingerprint density at radius 2 is 1.82 bits per heavy atom. The molecule has 86 valence electrons. The predicted octanol–water partition coefficient (Wildman–Crippen LogP) is 1.01. The monoisotopic (exact) mass is 228 g/mol. The number of carbonyl (C=O) groups is 2. The van der Waals surface area contributed by atoms with Gasteiger partial charge in [0, 0.05) is 5.56 Å². The van der Waals surface area contributed by atoms with E-state index in [9.17, 15) is 9.59 Å². The van der Waals surface area contributed by atoms with Crippen LogP contribution in [-0.4, -0.2) is 18.4 Å². The van der Waals surface area contributed by atoms with Gasteiger partial charge in [-0.15, -0.1) is 0 Å². The van der Waals surface area contributed by atoms with E-state index in [1.807, 2.05) is 36.4 Å². The molecule has 0 fully saturated rings. The van der Waals surface area contributed by atoms with E-state index in [0.717, 1.165) is 11.1 Å². The van der Waals surface area contributed by atoms with Gasteiger partial charge in [0.05, 0.1) is 6.54 Å². The van der Waals surface area contributed by atoms with E-state index in [4.69, 9.17) is 5.73 Å². The molecule has 2 aliphatic carbocycles. The van der Waals surface area contributed by atoms with Gasteiger partial charge in [-0.1, -0.05) is 36.4 Å². The summed E-state index contributed by atoms with van der Waals surface area (Å²) < 4.78 is 0. The van der Waals surface area contributed by atoms with Gasteiger partial charge in [-0.2, -0.15) is 0 Å². The van der Waals surface area contributed by atoms with Crippen LogP contribution in [0.15, 0.2) is 42.5 Å². The van der Waals surface area contributed by atoms with E-state index in [-0.39, 0.29) is 12.5 Å². The average molecular weight is 228 g/mol. The molecule has 0 atom stereocenters. The molecule has 3 N–H and O–H groups in total. The number of carbonyl (C=O) groups excluding carboxylic acids is 2. The van der Waals surface area contributed by atoms with Gasteiger partial charge >= 0.3 is 0 Å². The first-order chi connectivity index (χ1) is 8.18. The molecule has 0 aromatic carbocycles. The van der Waals surface area contributed by atoms with Crippen molar-refractivity contribution >= 4 is 11.8 Å². The maximum Gasteiger partial charge on any atom is 0.252 e. The van der Waals surface area contributed by atoms with E-state index in [1.54, 1.807) is 6.07 Å². The SMILES string of the molecule is NC(=O)CNC(=O)c1ccc2cccccc1-2. The van der Waals surface area contributed by atoms with Gasteiger partial charge in [0.25, 0.3) is 5.91 Å². The summed E-state index contributed by atoms with van der Waals surface area (Å²) in [5.74, 6) is -0.843. The molecule has 0 aromatic rings. The number of hydrogen-bond donors (Lipinski definition) is 2. The van der Waals surface area contributed by atoms with Gasteiger partial charge < -0.3 is 11.1 Å². The lowest BCUT2D eigenvalue weighted by Crippen LogP contribution is -2.33. The van der Waals surface area contributed by atoms with Gasteiger partial charge in [-0.25, -0.2) is 0 Å². The fourth-order valence-electron chi connectivity index (χ4n) is 1.68. The second-order valence-electron chi connectivity index (χ2n) is 3.68. The number of hydrogen-bond acceptors (Lipinski definition) is 2. The first kappa shape index (κ1) is 11.1. The van der Waals surface area contributed by atoms with E-state index in [2.05, 4.69) is 5.32 Å². The zero-order chi connectivity index (χ0) is 12.3. The molecule has 0 bridgehead atoms. The number of nitrogens with two attached hydrogens (primary N) is 1. The molecule has 0 aromatic heterocycles. The maximum atomic E-state index is 11.8. The van der Waals surface area contributed by atoms with Crippen molar-refractivity contribution in [2.45, 2.75) is 0 Å². The topological polar surface area (TPSA) is 72.2 Å². The first-order valence-corrected chi connectivity index (χ1v) is 5.23. The lowest BCUT2D eigenvalue weighted by atomic mass is 10.1. The van der Waals surface area contributed by atoms with E-state index in [1.165, 1.54) is 0 Å². The smallest absolute Gasteiger partial charge is 0.252 e. The summed E-state index contributed by atoms with van der Waals surface area (Å²) in [6, 6.07) is 13.1. The van der Waals surface area contributed by atoms with Crippen LogP contribution in [-0.2, 0) is 4.79 Å². The molecule has 0 aliphatic heterocycles. The summed E-state index contributed by atoms with van der Waals surface area (Å²) in [6.45, 7) is -0.148. The number of amides is 2. The van der Waals surface area contributed by atoms with Gasteiger partial charge in [-0.05, 0) is 17.2 Å². The third kappa shape index (κ3) is 2.42. The Hall–Kier alpha value is -2.36. The van der Waals surface area contributed by atoms with Gasteiger partial charge in [0.15, 0.2) is 0 Å². The Bertz CT molecular complexity index is 537. The molecule has 2 aliphatic rings. The maximum absolute atomic E-state index is 11.8. The highest BCUT2D eigenvalue weighted by Crippen LogP contribution is 2.26. The molecular weight excluding hydrogens is 216 g/mol. The number of nitrogens with one attached hydrogen (secondary N) is 1. The summed E-state index contributed by atoms with van der Waals surface area (Å²) in [5, 5.41) is 2.47. The molecule has 4 heteroatoms. The predicted molar refractivity (Wildman–Crippen MR) is 64.6 cm³/mol. The lowest BCUT2D eigenvalue weighted by Gasteiger charge is -2.02. The van der Waals surface area contributed by atoms with Crippen LogP contribution in [0.2, 0.25) is 0 Å². The largest absolute Gasteiger partial charge is 0.368 e. The highest BCUT2D eigenvalue weighted by Gasteiger charge is 2.14. The normalized spacial score (nSPS) is 10.1.